The Morgan fingerprint density at radius 1 is 1.22 bits per heavy atom. The number of aromatic nitrogens is 1. The summed E-state index contributed by atoms with van der Waals surface area (Å²) in [5.41, 5.74) is 2.61. The fraction of sp³-hybridized carbons (Fsp3) is 0.368. The maximum absolute atomic E-state index is 12.2. The zero-order chi connectivity index (χ0) is 16.7. The lowest BCUT2D eigenvalue weighted by Gasteiger charge is -2.17. The zero-order valence-corrected chi connectivity index (χ0v) is 14.1. The van der Waals surface area contributed by atoms with E-state index < -0.39 is 0 Å². The van der Waals surface area contributed by atoms with Crippen LogP contribution in [-0.4, -0.2) is 29.4 Å². The number of hydrogen-bond donors (Lipinski definition) is 1. The Hall–Kier alpha value is -2.36. The molecular weight excluding hydrogens is 286 g/mol. The normalized spacial score (nSPS) is 11.8. The second kappa shape index (κ2) is 8.32. The smallest absolute Gasteiger partial charge is 0.272 e. The van der Waals surface area contributed by atoms with E-state index in [9.17, 15) is 4.79 Å². The second-order valence-electron chi connectivity index (χ2n) is 5.79. The van der Waals surface area contributed by atoms with Crippen molar-refractivity contribution in [2.24, 2.45) is 0 Å². The fourth-order valence-corrected chi connectivity index (χ4v) is 2.37. The Bertz CT molecular complexity index is 610. The van der Waals surface area contributed by atoms with Crippen molar-refractivity contribution in [1.29, 1.82) is 0 Å². The number of nitrogens with zero attached hydrogens (tertiary/aromatic N) is 2. The number of pyridine rings is 1. The van der Waals surface area contributed by atoms with Gasteiger partial charge in [-0.2, -0.15) is 0 Å². The molecule has 1 N–H and O–H groups in total. The van der Waals surface area contributed by atoms with E-state index >= 15 is 0 Å². The summed E-state index contributed by atoms with van der Waals surface area (Å²) in [7, 11) is 1.82. The number of benzene rings is 1. The van der Waals surface area contributed by atoms with Gasteiger partial charge in [0.1, 0.15) is 5.69 Å². The molecule has 2 rings (SSSR count). The Balaban J connectivity index is 1.98. The largest absolute Gasteiger partial charge is 0.377 e. The number of amides is 1. The van der Waals surface area contributed by atoms with Gasteiger partial charge in [-0.25, -0.2) is 4.98 Å². The van der Waals surface area contributed by atoms with Crippen LogP contribution in [0.15, 0.2) is 48.7 Å². The Labute approximate surface area is 138 Å². The molecule has 0 saturated carbocycles. The van der Waals surface area contributed by atoms with Gasteiger partial charge in [0.15, 0.2) is 0 Å². The van der Waals surface area contributed by atoms with Gasteiger partial charge >= 0.3 is 0 Å². The summed E-state index contributed by atoms with van der Waals surface area (Å²) >= 11 is 0. The molecular formula is C19H25N3O. The minimum Gasteiger partial charge on any atom is -0.377 e. The van der Waals surface area contributed by atoms with Gasteiger partial charge in [0.2, 0.25) is 0 Å². The van der Waals surface area contributed by atoms with Crippen molar-refractivity contribution in [3.05, 3.63) is 59.9 Å². The third kappa shape index (κ3) is 4.81. The molecule has 1 amide bonds. The van der Waals surface area contributed by atoms with Crippen molar-refractivity contribution in [3.8, 4) is 0 Å². The molecule has 0 radical (unpaired) electrons. The predicted octanol–water partition coefficient (Wildman–Crippen LogP) is 4.13. The minimum absolute atomic E-state index is 0.0268. The van der Waals surface area contributed by atoms with Gasteiger partial charge in [-0.1, -0.05) is 43.7 Å². The molecule has 0 spiro atoms. The van der Waals surface area contributed by atoms with Crippen LogP contribution < -0.4 is 5.32 Å². The first-order valence-corrected chi connectivity index (χ1v) is 8.14. The third-order valence-corrected chi connectivity index (χ3v) is 3.86. The van der Waals surface area contributed by atoms with Gasteiger partial charge < -0.3 is 10.2 Å². The molecule has 1 unspecified atom stereocenters. The van der Waals surface area contributed by atoms with Crippen molar-refractivity contribution in [3.63, 3.8) is 0 Å². The molecule has 0 aliphatic heterocycles. The number of nitrogens with one attached hydrogen (secondary N) is 1. The van der Waals surface area contributed by atoms with E-state index in [1.807, 2.05) is 31.3 Å². The molecule has 2 aromatic rings. The molecule has 0 fully saturated rings. The third-order valence-electron chi connectivity index (χ3n) is 3.86. The van der Waals surface area contributed by atoms with Crippen molar-refractivity contribution in [2.75, 3.05) is 18.9 Å². The van der Waals surface area contributed by atoms with Crippen molar-refractivity contribution in [2.45, 2.75) is 32.7 Å². The number of unbranched alkanes of at least 4 members (excludes halogenated alkanes) is 1. The van der Waals surface area contributed by atoms with E-state index in [-0.39, 0.29) is 11.9 Å². The lowest BCUT2D eigenvalue weighted by molar-refractivity contribution is 0.0787. The van der Waals surface area contributed by atoms with Gasteiger partial charge in [-0.15, -0.1) is 0 Å². The summed E-state index contributed by atoms with van der Waals surface area (Å²) in [6.45, 7) is 4.99. The van der Waals surface area contributed by atoms with Crippen molar-refractivity contribution in [1.82, 2.24) is 9.88 Å². The highest BCUT2D eigenvalue weighted by Crippen LogP contribution is 2.18. The van der Waals surface area contributed by atoms with E-state index in [4.69, 9.17) is 0 Å². The molecule has 23 heavy (non-hydrogen) atoms. The van der Waals surface area contributed by atoms with Gasteiger partial charge in [0.05, 0.1) is 11.9 Å². The quantitative estimate of drug-likeness (QED) is 0.836. The van der Waals surface area contributed by atoms with Crippen LogP contribution in [0.5, 0.6) is 0 Å². The first-order valence-electron chi connectivity index (χ1n) is 8.14. The molecule has 0 saturated heterocycles. The Morgan fingerprint density at radius 2 is 1.96 bits per heavy atom. The number of carbonyl (C=O) groups excluding carboxylic acids is 1. The molecule has 0 aliphatic rings. The van der Waals surface area contributed by atoms with E-state index in [0.717, 1.165) is 25.1 Å². The van der Waals surface area contributed by atoms with Crippen LogP contribution in [0.1, 0.15) is 48.8 Å². The summed E-state index contributed by atoms with van der Waals surface area (Å²) in [5, 5.41) is 3.40. The number of carbonyl (C=O) groups is 1. The van der Waals surface area contributed by atoms with E-state index in [1.54, 1.807) is 17.2 Å². The monoisotopic (exact) mass is 311 g/mol. The minimum atomic E-state index is -0.0268. The maximum atomic E-state index is 12.2. The number of hydrogen-bond acceptors (Lipinski definition) is 3. The van der Waals surface area contributed by atoms with Crippen LogP contribution in [0, 0.1) is 0 Å². The van der Waals surface area contributed by atoms with Gasteiger partial charge in [0, 0.05) is 19.6 Å². The van der Waals surface area contributed by atoms with E-state index in [2.05, 4.69) is 36.3 Å². The van der Waals surface area contributed by atoms with Crippen LogP contribution >= 0.6 is 0 Å². The molecule has 1 heterocycles. The van der Waals surface area contributed by atoms with E-state index in [0.29, 0.717) is 5.69 Å². The first kappa shape index (κ1) is 17.0. The summed E-state index contributed by atoms with van der Waals surface area (Å²) in [4.78, 5) is 18.3. The zero-order valence-electron chi connectivity index (χ0n) is 14.1. The molecule has 4 heteroatoms. The number of anilines is 1. The molecule has 1 aromatic carbocycles. The molecule has 0 bridgehead atoms. The average Bonchev–Trinajstić information content (AvgIpc) is 2.60. The summed E-state index contributed by atoms with van der Waals surface area (Å²) in [6.07, 6.45) is 3.81. The molecule has 4 nitrogen and oxygen atoms in total. The van der Waals surface area contributed by atoms with Crippen molar-refractivity contribution >= 4 is 11.6 Å². The Morgan fingerprint density at radius 3 is 2.57 bits per heavy atom. The average molecular weight is 311 g/mol. The van der Waals surface area contributed by atoms with Gasteiger partial charge in [-0.3, -0.25) is 4.79 Å². The van der Waals surface area contributed by atoms with Crippen LogP contribution in [0.4, 0.5) is 5.69 Å². The topological polar surface area (TPSA) is 45.2 Å². The van der Waals surface area contributed by atoms with Gasteiger partial charge in [-0.05, 0) is 31.0 Å². The molecule has 1 aromatic heterocycles. The molecule has 0 aliphatic carbocycles. The van der Waals surface area contributed by atoms with Crippen molar-refractivity contribution < 1.29 is 4.79 Å². The summed E-state index contributed by atoms with van der Waals surface area (Å²) < 4.78 is 0. The van der Waals surface area contributed by atoms with Gasteiger partial charge in [0.25, 0.3) is 5.91 Å². The SMILES string of the molecule is CCCCN(C)C(=O)c1ccc(NC(C)c2ccccc2)cn1. The maximum Gasteiger partial charge on any atom is 0.272 e. The highest BCUT2D eigenvalue weighted by Gasteiger charge is 2.12. The number of rotatable bonds is 7. The van der Waals surface area contributed by atoms with E-state index in [1.165, 1.54) is 5.56 Å². The first-order chi connectivity index (χ1) is 11.1. The highest BCUT2D eigenvalue weighted by atomic mass is 16.2. The highest BCUT2D eigenvalue weighted by molar-refractivity contribution is 5.92. The molecule has 1 atom stereocenters. The Kier molecular flexibility index (Phi) is 6.15. The second-order valence-corrected chi connectivity index (χ2v) is 5.79. The van der Waals surface area contributed by atoms with Crippen LogP contribution in [0.25, 0.3) is 0 Å². The summed E-state index contributed by atoms with van der Waals surface area (Å²) in [6, 6.07) is 14.1. The summed E-state index contributed by atoms with van der Waals surface area (Å²) in [5.74, 6) is -0.0268. The fourth-order valence-electron chi connectivity index (χ4n) is 2.37. The molecule has 122 valence electrons. The van der Waals surface area contributed by atoms with Crippen LogP contribution in [0.2, 0.25) is 0 Å². The van der Waals surface area contributed by atoms with Crippen LogP contribution in [-0.2, 0) is 0 Å². The lowest BCUT2D eigenvalue weighted by atomic mass is 10.1. The lowest BCUT2D eigenvalue weighted by Crippen LogP contribution is -2.28. The van der Waals surface area contributed by atoms with Crippen LogP contribution in [0.3, 0.4) is 0 Å². The predicted molar refractivity (Wildman–Crippen MR) is 94.6 cm³/mol. The standard InChI is InChI=1S/C19H25N3O/c1-4-5-13-22(3)19(23)18-12-11-17(14-20-18)21-15(2)16-9-7-6-8-10-16/h6-12,14-15,21H,4-5,13H2,1-3H3.